The minimum Gasteiger partial charge on any atom is -0.486 e. The van der Waals surface area contributed by atoms with Crippen LogP contribution in [0.1, 0.15) is 23.5 Å². The van der Waals surface area contributed by atoms with Crippen LogP contribution in [0.3, 0.4) is 0 Å². The van der Waals surface area contributed by atoms with Gasteiger partial charge in [-0.15, -0.1) is 11.3 Å². The van der Waals surface area contributed by atoms with Crippen molar-refractivity contribution in [2.75, 3.05) is 0 Å². The van der Waals surface area contributed by atoms with Gasteiger partial charge in [0.2, 0.25) is 0 Å². The molecule has 90 valence electrons. The van der Waals surface area contributed by atoms with Crippen molar-refractivity contribution in [2.45, 2.75) is 19.6 Å². The van der Waals surface area contributed by atoms with E-state index in [1.54, 1.807) is 19.2 Å². The minimum absolute atomic E-state index is 0.267. The van der Waals surface area contributed by atoms with Crippen LogP contribution in [0.5, 0.6) is 5.75 Å². The smallest absolute Gasteiger partial charge is 0.140 e. The highest BCUT2D eigenvalue weighted by Crippen LogP contribution is 2.25. The number of halogens is 1. The second kappa shape index (κ2) is 5.25. The van der Waals surface area contributed by atoms with Crippen molar-refractivity contribution in [3.8, 4) is 5.75 Å². The fourth-order valence-corrected chi connectivity index (χ4v) is 2.00. The van der Waals surface area contributed by atoms with Crippen LogP contribution in [-0.2, 0) is 6.61 Å². The summed E-state index contributed by atoms with van der Waals surface area (Å²) in [6.07, 6.45) is 1.72. The molecular weight excluding hydrogens is 239 g/mol. The Hall–Kier alpha value is -1.46. The summed E-state index contributed by atoms with van der Waals surface area (Å²) in [6.45, 7) is 2.17. The topological polar surface area (TPSA) is 48.1 Å². The summed E-state index contributed by atoms with van der Waals surface area (Å²) >= 11 is 1.52. The van der Waals surface area contributed by atoms with Crippen molar-refractivity contribution in [1.29, 1.82) is 0 Å². The van der Waals surface area contributed by atoms with Crippen molar-refractivity contribution < 1.29 is 9.13 Å². The number of rotatable bonds is 4. The third kappa shape index (κ3) is 3.01. The predicted octanol–water partition coefficient (Wildman–Crippen LogP) is 2.88. The van der Waals surface area contributed by atoms with Crippen LogP contribution < -0.4 is 10.5 Å². The lowest BCUT2D eigenvalue weighted by molar-refractivity contribution is 0.300. The minimum atomic E-state index is -0.307. The van der Waals surface area contributed by atoms with E-state index in [1.807, 2.05) is 5.38 Å². The standard InChI is InChI=1S/C12H13FN2OS/c1-8(14)10-6-9(13)2-3-11(10)16-7-12-15-4-5-17-12/h2-6,8H,7,14H2,1H3. The summed E-state index contributed by atoms with van der Waals surface area (Å²) in [5.41, 5.74) is 6.44. The largest absolute Gasteiger partial charge is 0.486 e. The fourth-order valence-electron chi connectivity index (χ4n) is 1.47. The van der Waals surface area contributed by atoms with E-state index >= 15 is 0 Å². The van der Waals surface area contributed by atoms with Crippen LogP contribution in [0.25, 0.3) is 0 Å². The quantitative estimate of drug-likeness (QED) is 0.910. The van der Waals surface area contributed by atoms with Gasteiger partial charge in [-0.3, -0.25) is 0 Å². The Kier molecular flexibility index (Phi) is 3.71. The molecule has 0 radical (unpaired) electrons. The van der Waals surface area contributed by atoms with Gasteiger partial charge in [0.1, 0.15) is 23.2 Å². The zero-order valence-corrected chi connectivity index (χ0v) is 10.2. The van der Waals surface area contributed by atoms with Crippen molar-refractivity contribution in [1.82, 2.24) is 4.98 Å². The van der Waals surface area contributed by atoms with Crippen LogP contribution in [0.2, 0.25) is 0 Å². The van der Waals surface area contributed by atoms with E-state index < -0.39 is 0 Å². The van der Waals surface area contributed by atoms with Crippen LogP contribution in [-0.4, -0.2) is 4.98 Å². The number of nitrogens with zero attached hydrogens (tertiary/aromatic N) is 1. The van der Waals surface area contributed by atoms with Crippen LogP contribution >= 0.6 is 11.3 Å². The molecule has 0 bridgehead atoms. The molecule has 0 aliphatic rings. The zero-order chi connectivity index (χ0) is 12.3. The van der Waals surface area contributed by atoms with Gasteiger partial charge in [-0.05, 0) is 25.1 Å². The van der Waals surface area contributed by atoms with E-state index in [0.29, 0.717) is 17.9 Å². The molecule has 2 rings (SSSR count). The molecule has 1 heterocycles. The number of aromatic nitrogens is 1. The van der Waals surface area contributed by atoms with E-state index in [0.717, 1.165) is 5.01 Å². The summed E-state index contributed by atoms with van der Waals surface area (Å²) in [5.74, 6) is 0.301. The van der Waals surface area contributed by atoms with Crippen molar-refractivity contribution in [3.05, 3.63) is 46.2 Å². The number of nitrogens with two attached hydrogens (primary N) is 1. The van der Waals surface area contributed by atoms with E-state index in [9.17, 15) is 4.39 Å². The first-order valence-corrected chi connectivity index (χ1v) is 6.11. The van der Waals surface area contributed by atoms with Gasteiger partial charge in [0, 0.05) is 23.2 Å². The number of ether oxygens (including phenoxy) is 1. The monoisotopic (exact) mass is 252 g/mol. The number of hydrogen-bond donors (Lipinski definition) is 1. The van der Waals surface area contributed by atoms with Gasteiger partial charge in [0.25, 0.3) is 0 Å². The molecule has 2 N–H and O–H groups in total. The third-order valence-corrected chi connectivity index (χ3v) is 3.05. The number of benzene rings is 1. The highest BCUT2D eigenvalue weighted by Gasteiger charge is 2.10. The Morgan fingerprint density at radius 2 is 2.35 bits per heavy atom. The second-order valence-electron chi connectivity index (χ2n) is 3.69. The highest BCUT2D eigenvalue weighted by atomic mass is 32.1. The first kappa shape index (κ1) is 12.0. The summed E-state index contributed by atoms with van der Waals surface area (Å²) in [5, 5.41) is 2.76. The summed E-state index contributed by atoms with van der Waals surface area (Å²) in [7, 11) is 0. The van der Waals surface area contributed by atoms with E-state index in [2.05, 4.69) is 4.98 Å². The van der Waals surface area contributed by atoms with Crippen molar-refractivity contribution in [2.24, 2.45) is 5.73 Å². The van der Waals surface area contributed by atoms with Gasteiger partial charge in [-0.2, -0.15) is 0 Å². The molecule has 0 aliphatic heterocycles. The molecule has 3 nitrogen and oxygen atoms in total. The maximum absolute atomic E-state index is 13.1. The summed E-state index contributed by atoms with van der Waals surface area (Å²) < 4.78 is 18.7. The number of thiazole rings is 1. The lowest BCUT2D eigenvalue weighted by atomic mass is 10.1. The first-order chi connectivity index (χ1) is 8.16. The molecule has 0 aliphatic carbocycles. The molecule has 1 atom stereocenters. The molecule has 0 saturated carbocycles. The van der Waals surface area contributed by atoms with Gasteiger partial charge in [0.15, 0.2) is 0 Å². The van der Waals surface area contributed by atoms with Crippen LogP contribution in [0.15, 0.2) is 29.8 Å². The SMILES string of the molecule is CC(N)c1cc(F)ccc1OCc1nccs1. The van der Waals surface area contributed by atoms with E-state index in [-0.39, 0.29) is 11.9 Å². The maximum atomic E-state index is 13.1. The van der Waals surface area contributed by atoms with Gasteiger partial charge < -0.3 is 10.5 Å². The van der Waals surface area contributed by atoms with Gasteiger partial charge in [-0.1, -0.05) is 0 Å². The van der Waals surface area contributed by atoms with Crippen LogP contribution in [0, 0.1) is 5.82 Å². The Morgan fingerprint density at radius 1 is 1.53 bits per heavy atom. The van der Waals surface area contributed by atoms with Gasteiger partial charge in [0.05, 0.1) is 0 Å². The van der Waals surface area contributed by atoms with Gasteiger partial charge >= 0.3 is 0 Å². The lowest BCUT2D eigenvalue weighted by Gasteiger charge is -2.13. The maximum Gasteiger partial charge on any atom is 0.140 e. The average Bonchev–Trinajstić information content (AvgIpc) is 2.80. The second-order valence-corrected chi connectivity index (χ2v) is 4.66. The molecule has 0 amide bonds. The average molecular weight is 252 g/mol. The van der Waals surface area contributed by atoms with E-state index in [1.165, 1.54) is 23.5 Å². The molecule has 0 spiro atoms. The van der Waals surface area contributed by atoms with Crippen molar-refractivity contribution in [3.63, 3.8) is 0 Å². The first-order valence-electron chi connectivity index (χ1n) is 5.23. The summed E-state index contributed by atoms with van der Waals surface area (Å²) in [4.78, 5) is 4.11. The Morgan fingerprint density at radius 3 is 3.00 bits per heavy atom. The summed E-state index contributed by atoms with van der Waals surface area (Å²) in [6, 6.07) is 4.10. The molecule has 2 aromatic rings. The Bertz CT molecular complexity index is 485. The molecule has 1 unspecified atom stereocenters. The molecule has 0 fully saturated rings. The van der Waals surface area contributed by atoms with E-state index in [4.69, 9.17) is 10.5 Å². The van der Waals surface area contributed by atoms with Gasteiger partial charge in [-0.25, -0.2) is 9.37 Å². The molecular formula is C12H13FN2OS. The molecule has 0 saturated heterocycles. The van der Waals surface area contributed by atoms with Crippen molar-refractivity contribution >= 4 is 11.3 Å². The molecule has 1 aromatic carbocycles. The highest BCUT2D eigenvalue weighted by molar-refractivity contribution is 7.09. The lowest BCUT2D eigenvalue weighted by Crippen LogP contribution is -2.08. The normalized spacial score (nSPS) is 12.4. The molecule has 1 aromatic heterocycles. The van der Waals surface area contributed by atoms with Crippen LogP contribution in [0.4, 0.5) is 4.39 Å². The number of hydrogen-bond acceptors (Lipinski definition) is 4. The Labute approximate surface area is 103 Å². The Balaban J connectivity index is 2.14. The molecule has 17 heavy (non-hydrogen) atoms. The third-order valence-electron chi connectivity index (χ3n) is 2.30. The molecule has 5 heteroatoms. The fraction of sp³-hybridized carbons (Fsp3) is 0.250. The zero-order valence-electron chi connectivity index (χ0n) is 9.39. The predicted molar refractivity (Wildman–Crippen MR) is 65.4 cm³/mol.